The molecule has 0 saturated carbocycles. The molecule has 1 aliphatic heterocycles. The van der Waals surface area contributed by atoms with E-state index in [1.165, 1.54) is 18.4 Å². The first-order valence-corrected chi connectivity index (χ1v) is 6.86. The zero-order chi connectivity index (χ0) is 13.7. The Balaban J connectivity index is 2.04. The number of benzene rings is 1. The van der Waals surface area contributed by atoms with Crippen LogP contribution in [-0.4, -0.2) is 45.3 Å². The predicted octanol–water partition coefficient (Wildman–Crippen LogP) is 1.89. The van der Waals surface area contributed by atoms with Gasteiger partial charge in [-0.1, -0.05) is 0 Å². The van der Waals surface area contributed by atoms with Crippen LogP contribution in [0.2, 0.25) is 0 Å². The summed E-state index contributed by atoms with van der Waals surface area (Å²) in [5, 5.41) is 3.46. The lowest BCUT2D eigenvalue weighted by Gasteiger charge is -2.31. The van der Waals surface area contributed by atoms with Crippen LogP contribution in [0, 0.1) is 0 Å². The summed E-state index contributed by atoms with van der Waals surface area (Å²) in [6, 6.07) is 6.68. The fourth-order valence-corrected chi connectivity index (χ4v) is 2.58. The molecule has 1 aromatic rings. The first-order chi connectivity index (χ1) is 9.22. The minimum atomic E-state index is 0.617. The highest BCUT2D eigenvalue weighted by Crippen LogP contribution is 2.24. The van der Waals surface area contributed by atoms with Gasteiger partial charge >= 0.3 is 0 Å². The Labute approximate surface area is 115 Å². The maximum atomic E-state index is 5.31. The van der Waals surface area contributed by atoms with Crippen molar-refractivity contribution in [2.45, 2.75) is 25.4 Å². The molecule has 0 amide bonds. The normalized spacial score (nSPS) is 19.5. The molecule has 4 nitrogen and oxygen atoms in total. The standard InChI is InChI=1S/C15H24N2O2/c1-17(13-5-4-6-16-10-13)11-12-7-14(18-2)9-15(8-12)19-3/h7-9,13,16H,4-6,10-11H2,1-3H3. The third kappa shape index (κ3) is 3.85. The van der Waals surface area contributed by atoms with E-state index in [1.54, 1.807) is 14.2 Å². The number of methoxy groups -OCH3 is 2. The zero-order valence-corrected chi connectivity index (χ0v) is 12.1. The van der Waals surface area contributed by atoms with E-state index < -0.39 is 0 Å². The molecule has 1 atom stereocenters. The van der Waals surface area contributed by atoms with E-state index in [2.05, 4.69) is 29.4 Å². The quantitative estimate of drug-likeness (QED) is 0.880. The van der Waals surface area contributed by atoms with Crippen molar-refractivity contribution in [2.24, 2.45) is 0 Å². The Morgan fingerprint density at radius 2 is 1.89 bits per heavy atom. The highest BCUT2D eigenvalue weighted by molar-refractivity contribution is 5.38. The first kappa shape index (κ1) is 14.2. The molecule has 19 heavy (non-hydrogen) atoms. The van der Waals surface area contributed by atoms with Crippen molar-refractivity contribution in [1.29, 1.82) is 0 Å². The Bertz CT molecular complexity index is 381. The molecular weight excluding hydrogens is 240 g/mol. The summed E-state index contributed by atoms with van der Waals surface area (Å²) in [5.41, 5.74) is 1.23. The molecule has 1 heterocycles. The van der Waals surface area contributed by atoms with E-state index in [-0.39, 0.29) is 0 Å². The summed E-state index contributed by atoms with van der Waals surface area (Å²) in [4.78, 5) is 2.40. The lowest BCUT2D eigenvalue weighted by molar-refractivity contribution is 0.195. The van der Waals surface area contributed by atoms with Crippen LogP contribution in [0.25, 0.3) is 0 Å². The predicted molar refractivity (Wildman–Crippen MR) is 76.9 cm³/mol. The summed E-state index contributed by atoms with van der Waals surface area (Å²) >= 11 is 0. The summed E-state index contributed by atoms with van der Waals surface area (Å²) in [6.07, 6.45) is 2.53. The molecule has 1 aromatic carbocycles. The molecule has 0 radical (unpaired) electrons. The lowest BCUT2D eigenvalue weighted by atomic mass is 10.1. The van der Waals surface area contributed by atoms with E-state index in [9.17, 15) is 0 Å². The van der Waals surface area contributed by atoms with Gasteiger partial charge in [-0.05, 0) is 44.1 Å². The van der Waals surface area contributed by atoms with Crippen molar-refractivity contribution in [1.82, 2.24) is 10.2 Å². The van der Waals surface area contributed by atoms with E-state index in [0.29, 0.717) is 6.04 Å². The number of hydrogen-bond donors (Lipinski definition) is 1. The van der Waals surface area contributed by atoms with Gasteiger partial charge in [0.1, 0.15) is 11.5 Å². The second kappa shape index (κ2) is 6.78. The van der Waals surface area contributed by atoms with Crippen LogP contribution < -0.4 is 14.8 Å². The molecule has 0 aromatic heterocycles. The number of likely N-dealkylation sites (N-methyl/N-ethyl adjacent to an activating group) is 1. The smallest absolute Gasteiger partial charge is 0.122 e. The van der Waals surface area contributed by atoms with Crippen LogP contribution in [0.1, 0.15) is 18.4 Å². The third-order valence-corrected chi connectivity index (χ3v) is 3.74. The van der Waals surface area contributed by atoms with Crippen LogP contribution in [0.4, 0.5) is 0 Å². The fourth-order valence-electron chi connectivity index (χ4n) is 2.58. The van der Waals surface area contributed by atoms with Gasteiger partial charge in [0.25, 0.3) is 0 Å². The van der Waals surface area contributed by atoms with Gasteiger partial charge in [0.05, 0.1) is 14.2 Å². The fraction of sp³-hybridized carbons (Fsp3) is 0.600. The second-order valence-electron chi connectivity index (χ2n) is 5.14. The van der Waals surface area contributed by atoms with E-state index >= 15 is 0 Å². The number of nitrogens with zero attached hydrogens (tertiary/aromatic N) is 1. The van der Waals surface area contributed by atoms with Crippen molar-refractivity contribution in [2.75, 3.05) is 34.4 Å². The SMILES string of the molecule is COc1cc(CN(C)C2CCCNC2)cc(OC)c1. The van der Waals surface area contributed by atoms with Gasteiger partial charge in [-0.15, -0.1) is 0 Å². The molecule has 1 unspecified atom stereocenters. The van der Waals surface area contributed by atoms with Crippen molar-refractivity contribution in [3.05, 3.63) is 23.8 Å². The van der Waals surface area contributed by atoms with Gasteiger partial charge in [0.15, 0.2) is 0 Å². The maximum Gasteiger partial charge on any atom is 0.122 e. The average molecular weight is 264 g/mol. The maximum absolute atomic E-state index is 5.31. The Kier molecular flexibility index (Phi) is 5.05. The Morgan fingerprint density at radius 1 is 1.21 bits per heavy atom. The molecule has 2 rings (SSSR count). The van der Waals surface area contributed by atoms with Crippen LogP contribution in [-0.2, 0) is 6.54 Å². The molecule has 0 bridgehead atoms. The molecule has 1 saturated heterocycles. The van der Waals surface area contributed by atoms with Crippen molar-refractivity contribution in [3.63, 3.8) is 0 Å². The summed E-state index contributed by atoms with van der Waals surface area (Å²) < 4.78 is 10.6. The van der Waals surface area contributed by atoms with Gasteiger partial charge in [-0.3, -0.25) is 4.90 Å². The molecule has 0 spiro atoms. The largest absolute Gasteiger partial charge is 0.497 e. The third-order valence-electron chi connectivity index (χ3n) is 3.74. The average Bonchev–Trinajstić information content (AvgIpc) is 2.47. The van der Waals surface area contributed by atoms with Crippen molar-refractivity contribution in [3.8, 4) is 11.5 Å². The highest BCUT2D eigenvalue weighted by atomic mass is 16.5. The number of nitrogens with one attached hydrogen (secondary N) is 1. The van der Waals surface area contributed by atoms with Crippen LogP contribution in [0.15, 0.2) is 18.2 Å². The van der Waals surface area contributed by atoms with Gasteiger partial charge in [-0.2, -0.15) is 0 Å². The molecular formula is C15H24N2O2. The van der Waals surface area contributed by atoms with Crippen molar-refractivity contribution < 1.29 is 9.47 Å². The topological polar surface area (TPSA) is 33.7 Å². The van der Waals surface area contributed by atoms with Crippen LogP contribution in [0.3, 0.4) is 0 Å². The Morgan fingerprint density at radius 3 is 2.42 bits per heavy atom. The molecule has 1 fully saturated rings. The summed E-state index contributed by atoms with van der Waals surface area (Å²) in [6.45, 7) is 3.15. The van der Waals surface area contributed by atoms with Crippen LogP contribution in [0.5, 0.6) is 11.5 Å². The van der Waals surface area contributed by atoms with Gasteiger partial charge in [-0.25, -0.2) is 0 Å². The van der Waals surface area contributed by atoms with E-state index in [4.69, 9.17) is 9.47 Å². The first-order valence-electron chi connectivity index (χ1n) is 6.86. The number of ether oxygens (including phenoxy) is 2. The number of rotatable bonds is 5. The van der Waals surface area contributed by atoms with Crippen molar-refractivity contribution >= 4 is 0 Å². The van der Waals surface area contributed by atoms with Gasteiger partial charge in [0.2, 0.25) is 0 Å². The number of piperidine rings is 1. The summed E-state index contributed by atoms with van der Waals surface area (Å²) in [5.74, 6) is 1.70. The Hall–Kier alpha value is -1.26. The van der Waals surface area contributed by atoms with Crippen LogP contribution >= 0.6 is 0 Å². The second-order valence-corrected chi connectivity index (χ2v) is 5.14. The monoisotopic (exact) mass is 264 g/mol. The van der Waals surface area contributed by atoms with Gasteiger partial charge < -0.3 is 14.8 Å². The molecule has 0 aliphatic carbocycles. The van der Waals surface area contributed by atoms with Gasteiger partial charge in [0, 0.05) is 25.2 Å². The molecule has 106 valence electrons. The van der Waals surface area contributed by atoms with E-state index in [0.717, 1.165) is 31.1 Å². The molecule has 1 N–H and O–H groups in total. The number of hydrogen-bond acceptors (Lipinski definition) is 4. The molecule has 4 heteroatoms. The minimum absolute atomic E-state index is 0.617. The highest BCUT2D eigenvalue weighted by Gasteiger charge is 2.18. The molecule has 1 aliphatic rings. The summed E-state index contributed by atoms with van der Waals surface area (Å²) in [7, 11) is 5.56. The van der Waals surface area contributed by atoms with E-state index in [1.807, 2.05) is 6.07 Å². The zero-order valence-electron chi connectivity index (χ0n) is 12.1. The minimum Gasteiger partial charge on any atom is -0.497 e. The lowest BCUT2D eigenvalue weighted by Crippen LogP contribution is -2.43.